The molecule has 0 radical (unpaired) electrons. The summed E-state index contributed by atoms with van der Waals surface area (Å²) in [6, 6.07) is 6.79. The van der Waals surface area contributed by atoms with Crippen LogP contribution in [0.4, 0.5) is 5.82 Å². The molecule has 0 saturated carbocycles. The van der Waals surface area contributed by atoms with E-state index in [-0.39, 0.29) is 11.6 Å². The van der Waals surface area contributed by atoms with Gasteiger partial charge in [-0.05, 0) is 51.5 Å². The summed E-state index contributed by atoms with van der Waals surface area (Å²) in [6.45, 7) is 2.79. The molecule has 0 amide bonds. The highest BCUT2D eigenvalue weighted by molar-refractivity contribution is 9.10. The quantitative estimate of drug-likeness (QED) is 0.220. The third kappa shape index (κ3) is 4.60. The Labute approximate surface area is 174 Å². The predicted octanol–water partition coefficient (Wildman–Crippen LogP) is 3.72. The van der Waals surface area contributed by atoms with Crippen molar-refractivity contribution in [1.29, 1.82) is 0 Å². The zero-order chi connectivity index (χ0) is 21.0. The number of benzene rings is 1. The van der Waals surface area contributed by atoms with Gasteiger partial charge in [0, 0.05) is 12.1 Å². The van der Waals surface area contributed by atoms with Gasteiger partial charge in [0.25, 0.3) is 0 Å². The minimum atomic E-state index is -0.544. The summed E-state index contributed by atoms with van der Waals surface area (Å²) >= 11 is 3.35. The van der Waals surface area contributed by atoms with Crippen molar-refractivity contribution in [3.8, 4) is 5.75 Å². The number of hydrogen-bond acceptors (Lipinski definition) is 6. The van der Waals surface area contributed by atoms with Crippen LogP contribution in [0.15, 0.2) is 47.2 Å². The summed E-state index contributed by atoms with van der Waals surface area (Å²) in [7, 11) is 1.55. The van der Waals surface area contributed by atoms with E-state index >= 15 is 0 Å². The van der Waals surface area contributed by atoms with E-state index in [4.69, 9.17) is 4.74 Å². The number of ketones is 1. The first kappa shape index (κ1) is 20.5. The van der Waals surface area contributed by atoms with Crippen LogP contribution in [0.2, 0.25) is 0 Å². The molecule has 1 aromatic carbocycles. The molecule has 0 aliphatic rings. The molecule has 29 heavy (non-hydrogen) atoms. The SMILES string of the molecule is CCn1ncc(Br)c1C(=O)/C=C/c1ccc(OC)c(Cn2ccc([N+](=O)[O-])n2)c1. The van der Waals surface area contributed by atoms with E-state index in [1.807, 2.05) is 19.1 Å². The van der Waals surface area contributed by atoms with Crippen LogP contribution < -0.4 is 4.74 Å². The Morgan fingerprint density at radius 3 is 2.83 bits per heavy atom. The highest BCUT2D eigenvalue weighted by atomic mass is 79.9. The predicted molar refractivity (Wildman–Crippen MR) is 110 cm³/mol. The maximum absolute atomic E-state index is 12.6. The van der Waals surface area contributed by atoms with Gasteiger partial charge in [-0.15, -0.1) is 0 Å². The first-order valence-electron chi connectivity index (χ1n) is 8.71. The average Bonchev–Trinajstić information content (AvgIpc) is 3.32. The average molecular weight is 460 g/mol. The number of halogens is 1. The zero-order valence-corrected chi connectivity index (χ0v) is 17.4. The summed E-state index contributed by atoms with van der Waals surface area (Å²) < 4.78 is 9.11. The Morgan fingerprint density at radius 1 is 1.38 bits per heavy atom. The molecule has 0 saturated heterocycles. The van der Waals surface area contributed by atoms with Crippen LogP contribution in [0.1, 0.15) is 28.5 Å². The lowest BCUT2D eigenvalue weighted by molar-refractivity contribution is -0.389. The maximum atomic E-state index is 12.6. The molecule has 0 aliphatic carbocycles. The van der Waals surface area contributed by atoms with E-state index in [2.05, 4.69) is 26.1 Å². The molecular formula is C19H18BrN5O4. The molecule has 3 aromatic rings. The molecule has 0 aliphatic heterocycles. The van der Waals surface area contributed by atoms with Crippen molar-refractivity contribution < 1.29 is 14.5 Å². The van der Waals surface area contributed by atoms with Gasteiger partial charge >= 0.3 is 5.82 Å². The topological polar surface area (TPSA) is 105 Å². The van der Waals surface area contributed by atoms with Crippen molar-refractivity contribution in [3.63, 3.8) is 0 Å². The van der Waals surface area contributed by atoms with Crippen molar-refractivity contribution in [1.82, 2.24) is 19.6 Å². The Balaban J connectivity index is 1.84. The van der Waals surface area contributed by atoms with Crippen molar-refractivity contribution in [2.24, 2.45) is 0 Å². The number of aromatic nitrogens is 4. The van der Waals surface area contributed by atoms with Crippen LogP contribution >= 0.6 is 15.9 Å². The minimum absolute atomic E-state index is 0.170. The molecule has 9 nitrogen and oxygen atoms in total. The van der Waals surface area contributed by atoms with Gasteiger partial charge in [-0.25, -0.2) is 0 Å². The lowest BCUT2D eigenvalue weighted by atomic mass is 10.1. The summed E-state index contributed by atoms with van der Waals surface area (Å²) in [5.41, 5.74) is 2.05. The first-order valence-corrected chi connectivity index (χ1v) is 9.50. The third-order valence-corrected chi connectivity index (χ3v) is 4.79. The molecule has 0 spiro atoms. The van der Waals surface area contributed by atoms with Crippen LogP contribution in [0, 0.1) is 10.1 Å². The molecule has 2 aromatic heterocycles. The molecule has 0 N–H and O–H groups in total. The molecule has 0 atom stereocenters. The Morgan fingerprint density at radius 2 is 2.17 bits per heavy atom. The number of nitrogens with zero attached hydrogens (tertiary/aromatic N) is 5. The van der Waals surface area contributed by atoms with E-state index in [1.54, 1.807) is 30.1 Å². The molecule has 2 heterocycles. The number of aryl methyl sites for hydroxylation is 1. The van der Waals surface area contributed by atoms with E-state index in [9.17, 15) is 14.9 Å². The largest absolute Gasteiger partial charge is 0.496 e. The van der Waals surface area contributed by atoms with Gasteiger partial charge in [-0.2, -0.15) is 9.78 Å². The number of methoxy groups -OCH3 is 1. The first-order chi connectivity index (χ1) is 13.9. The number of rotatable bonds is 8. The fraction of sp³-hybridized carbons (Fsp3) is 0.211. The summed E-state index contributed by atoms with van der Waals surface area (Å²) in [6.07, 6.45) is 6.32. The monoisotopic (exact) mass is 459 g/mol. The van der Waals surface area contributed by atoms with Crippen molar-refractivity contribution in [3.05, 3.63) is 74.1 Å². The third-order valence-electron chi connectivity index (χ3n) is 4.21. The highest BCUT2D eigenvalue weighted by Crippen LogP contribution is 2.23. The van der Waals surface area contributed by atoms with Gasteiger partial charge in [-0.3, -0.25) is 9.48 Å². The van der Waals surface area contributed by atoms with Gasteiger partial charge in [0.2, 0.25) is 5.78 Å². The number of carbonyl (C=O) groups is 1. The Bertz CT molecular complexity index is 1090. The van der Waals surface area contributed by atoms with E-state index in [0.29, 0.717) is 29.0 Å². The zero-order valence-electron chi connectivity index (χ0n) is 15.8. The van der Waals surface area contributed by atoms with Gasteiger partial charge in [0.05, 0.1) is 41.7 Å². The maximum Gasteiger partial charge on any atom is 0.389 e. The van der Waals surface area contributed by atoms with Gasteiger partial charge < -0.3 is 14.9 Å². The second kappa shape index (κ2) is 8.82. The highest BCUT2D eigenvalue weighted by Gasteiger charge is 2.15. The van der Waals surface area contributed by atoms with Gasteiger partial charge in [0.15, 0.2) is 0 Å². The van der Waals surface area contributed by atoms with Crippen LogP contribution in [0.5, 0.6) is 5.75 Å². The summed E-state index contributed by atoms with van der Waals surface area (Å²) in [4.78, 5) is 22.8. The number of hydrogen-bond donors (Lipinski definition) is 0. The van der Waals surface area contributed by atoms with E-state index < -0.39 is 4.92 Å². The number of allylic oxidation sites excluding steroid dienone is 1. The normalized spacial score (nSPS) is 11.1. The molecule has 0 fully saturated rings. The fourth-order valence-corrected chi connectivity index (χ4v) is 3.33. The van der Waals surface area contributed by atoms with Crippen molar-refractivity contribution in [2.45, 2.75) is 20.0 Å². The second-order valence-corrected chi connectivity index (χ2v) is 6.91. The number of carbonyl (C=O) groups excluding carboxylic acids is 1. The fourth-order valence-electron chi connectivity index (χ4n) is 2.83. The second-order valence-electron chi connectivity index (χ2n) is 6.05. The lowest BCUT2D eigenvalue weighted by Crippen LogP contribution is -2.08. The van der Waals surface area contributed by atoms with Crippen LogP contribution in [-0.4, -0.2) is 37.4 Å². The van der Waals surface area contributed by atoms with Crippen LogP contribution in [-0.2, 0) is 13.1 Å². The van der Waals surface area contributed by atoms with Crippen molar-refractivity contribution >= 4 is 33.6 Å². The number of ether oxygens (including phenoxy) is 1. The lowest BCUT2D eigenvalue weighted by Gasteiger charge is -2.08. The molecule has 0 unspecified atom stereocenters. The van der Waals surface area contributed by atoms with Gasteiger partial charge in [-0.1, -0.05) is 12.1 Å². The minimum Gasteiger partial charge on any atom is -0.496 e. The Hall–Kier alpha value is -3.27. The smallest absolute Gasteiger partial charge is 0.389 e. The van der Waals surface area contributed by atoms with Crippen LogP contribution in [0.25, 0.3) is 6.08 Å². The van der Waals surface area contributed by atoms with E-state index in [1.165, 1.54) is 23.0 Å². The molecule has 3 rings (SSSR count). The number of nitro groups is 1. The van der Waals surface area contributed by atoms with E-state index in [0.717, 1.165) is 11.1 Å². The molecule has 0 bridgehead atoms. The molecule has 10 heteroatoms. The standard InChI is InChI=1S/C19H18BrN5O4/c1-3-24-19(15(20)11-21-24)16(26)6-4-13-5-7-17(29-2)14(10-13)12-23-9-8-18(22-23)25(27)28/h4-11H,3,12H2,1-2H3/b6-4+. The molecular weight excluding hydrogens is 442 g/mol. The summed E-state index contributed by atoms with van der Waals surface area (Å²) in [5.74, 6) is 0.235. The summed E-state index contributed by atoms with van der Waals surface area (Å²) in [5, 5.41) is 18.9. The Kier molecular flexibility index (Phi) is 6.23. The molecule has 150 valence electrons. The van der Waals surface area contributed by atoms with Gasteiger partial charge in [0.1, 0.15) is 11.4 Å². The van der Waals surface area contributed by atoms with Crippen molar-refractivity contribution in [2.75, 3.05) is 7.11 Å². The van der Waals surface area contributed by atoms with Crippen LogP contribution in [0.3, 0.4) is 0 Å².